The van der Waals surface area contributed by atoms with E-state index in [2.05, 4.69) is 54.5 Å². The zero-order valence-corrected chi connectivity index (χ0v) is 22.2. The van der Waals surface area contributed by atoms with Gasteiger partial charge in [-0.15, -0.1) is 0 Å². The molecule has 0 unspecified atom stereocenters. The Balaban J connectivity index is 1.57. The Kier molecular flexibility index (Phi) is 5.24. The molecular weight excluding hydrogens is 408 g/mol. The lowest BCUT2D eigenvalue weighted by Gasteiger charge is -2.74. The van der Waals surface area contributed by atoms with Crippen LogP contribution in [0.4, 0.5) is 0 Å². The van der Waals surface area contributed by atoms with Crippen molar-refractivity contribution in [3.05, 3.63) is 11.6 Å². The van der Waals surface area contributed by atoms with Gasteiger partial charge in [-0.3, -0.25) is 4.79 Å². The highest BCUT2D eigenvalue weighted by atomic mass is 16.3. The van der Waals surface area contributed by atoms with E-state index in [0.717, 1.165) is 37.5 Å². The first kappa shape index (κ1) is 24.0. The van der Waals surface area contributed by atoms with Gasteiger partial charge in [0.2, 0.25) is 0 Å². The van der Waals surface area contributed by atoms with Crippen molar-refractivity contribution >= 4 is 6.29 Å². The summed E-state index contributed by atoms with van der Waals surface area (Å²) < 4.78 is 0. The molecule has 5 aliphatic carbocycles. The minimum absolute atomic E-state index is 0.0295. The lowest BCUT2D eigenvalue weighted by atomic mass is 9.31. The lowest BCUT2D eigenvalue weighted by Crippen LogP contribution is -2.69. The molecule has 0 aromatic rings. The van der Waals surface area contributed by atoms with Crippen molar-refractivity contribution < 1.29 is 15.0 Å². The highest BCUT2D eigenvalue weighted by Crippen LogP contribution is 2.76. The smallest absolute Gasteiger partial charge is 0.145 e. The number of rotatable bonds is 1. The predicted octanol–water partition coefficient (Wildman–Crippen LogP) is 6.17. The number of hydrogen-bond acceptors (Lipinski definition) is 3. The number of aliphatic hydroxyl groups excluding tert-OH is 2. The van der Waals surface area contributed by atoms with E-state index in [1.165, 1.54) is 25.7 Å². The zero-order chi connectivity index (χ0) is 24.2. The zero-order valence-electron chi connectivity index (χ0n) is 22.2. The Hall–Kier alpha value is -0.670. The lowest BCUT2D eigenvalue weighted by molar-refractivity contribution is -0.267. The van der Waals surface area contributed by atoms with Crippen molar-refractivity contribution in [2.45, 2.75) is 112 Å². The molecule has 0 heterocycles. The second kappa shape index (κ2) is 7.19. The molecule has 3 heteroatoms. The molecule has 4 saturated carbocycles. The molecule has 5 aliphatic rings. The summed E-state index contributed by atoms with van der Waals surface area (Å²) >= 11 is 0. The van der Waals surface area contributed by atoms with Crippen LogP contribution >= 0.6 is 0 Å². The van der Waals surface area contributed by atoms with Gasteiger partial charge in [0, 0.05) is 5.41 Å². The second-order valence-corrected chi connectivity index (χ2v) is 14.6. The molecule has 2 N–H and O–H groups in total. The van der Waals surface area contributed by atoms with Crippen LogP contribution in [0.1, 0.15) is 99.8 Å². The molecule has 0 radical (unpaired) electrons. The van der Waals surface area contributed by atoms with E-state index in [4.69, 9.17) is 0 Å². The fourth-order valence-electron chi connectivity index (χ4n) is 11.3. The molecule has 3 nitrogen and oxygen atoms in total. The van der Waals surface area contributed by atoms with Gasteiger partial charge in [0.15, 0.2) is 0 Å². The topological polar surface area (TPSA) is 57.5 Å². The average molecular weight is 457 g/mol. The number of aldehydes is 1. The maximum absolute atomic E-state index is 11.9. The number of carbonyl (C=O) groups excluding carboxylic acids is 1. The van der Waals surface area contributed by atoms with Gasteiger partial charge < -0.3 is 10.2 Å². The Morgan fingerprint density at radius 1 is 0.848 bits per heavy atom. The SMILES string of the molecule is C[C@@H]1C(C=O)=CC[C@@]2(C)[C@H]1[C@H]1CC[C@@H]3[C@@]4(C)CC[C@H](O)C(C)(C)[C@@H]4CC[C@@]3(C)[C@]1(C)C[C@@H]2O. The summed E-state index contributed by atoms with van der Waals surface area (Å²) in [6.45, 7) is 16.8. The van der Waals surface area contributed by atoms with Crippen LogP contribution < -0.4 is 0 Å². The van der Waals surface area contributed by atoms with Gasteiger partial charge >= 0.3 is 0 Å². The Morgan fingerprint density at radius 3 is 2.21 bits per heavy atom. The number of aliphatic hydroxyl groups is 2. The summed E-state index contributed by atoms with van der Waals surface area (Å²) in [5.41, 5.74) is 1.31. The molecule has 5 rings (SSSR count). The van der Waals surface area contributed by atoms with Crippen LogP contribution in [0.5, 0.6) is 0 Å². The largest absolute Gasteiger partial charge is 0.393 e. The minimum Gasteiger partial charge on any atom is -0.393 e. The van der Waals surface area contributed by atoms with Gasteiger partial charge in [0.1, 0.15) is 6.29 Å². The van der Waals surface area contributed by atoms with E-state index < -0.39 is 0 Å². The van der Waals surface area contributed by atoms with Crippen molar-refractivity contribution in [1.29, 1.82) is 0 Å². The van der Waals surface area contributed by atoms with E-state index >= 15 is 0 Å². The molecule has 33 heavy (non-hydrogen) atoms. The third-order valence-electron chi connectivity index (χ3n) is 13.5. The summed E-state index contributed by atoms with van der Waals surface area (Å²) in [6, 6.07) is 0. The molecule has 0 bridgehead atoms. The van der Waals surface area contributed by atoms with E-state index in [9.17, 15) is 15.0 Å². The number of fused-ring (bicyclic) bond motifs is 7. The van der Waals surface area contributed by atoms with Crippen LogP contribution in [-0.2, 0) is 4.79 Å². The number of hydrogen-bond donors (Lipinski definition) is 2. The molecule has 0 aromatic carbocycles. The summed E-state index contributed by atoms with van der Waals surface area (Å²) in [4.78, 5) is 11.9. The first-order valence-electron chi connectivity index (χ1n) is 13.8. The summed E-state index contributed by atoms with van der Waals surface area (Å²) in [5.74, 6) is 2.33. The fraction of sp³-hybridized carbons (Fsp3) is 0.900. The number of allylic oxidation sites excluding steroid dienone is 2. The minimum atomic E-state index is -0.318. The molecule has 0 spiro atoms. The molecule has 0 saturated heterocycles. The first-order valence-corrected chi connectivity index (χ1v) is 13.8. The van der Waals surface area contributed by atoms with Gasteiger partial charge in [0.05, 0.1) is 12.2 Å². The van der Waals surface area contributed by atoms with E-state index in [1.807, 2.05) is 0 Å². The van der Waals surface area contributed by atoms with E-state index in [1.54, 1.807) is 0 Å². The fourth-order valence-corrected chi connectivity index (χ4v) is 11.3. The van der Waals surface area contributed by atoms with Crippen molar-refractivity contribution in [3.63, 3.8) is 0 Å². The second-order valence-electron chi connectivity index (χ2n) is 14.6. The molecule has 0 aromatic heterocycles. The predicted molar refractivity (Wildman–Crippen MR) is 132 cm³/mol. The van der Waals surface area contributed by atoms with Crippen molar-refractivity contribution in [1.82, 2.24) is 0 Å². The highest BCUT2D eigenvalue weighted by Gasteiger charge is 2.71. The van der Waals surface area contributed by atoms with Gasteiger partial charge in [-0.05, 0) is 108 Å². The van der Waals surface area contributed by atoms with Crippen LogP contribution in [-0.4, -0.2) is 28.7 Å². The Labute approximate surface area is 201 Å². The van der Waals surface area contributed by atoms with E-state index in [-0.39, 0.29) is 45.2 Å². The third kappa shape index (κ3) is 2.79. The van der Waals surface area contributed by atoms with Crippen molar-refractivity contribution in [3.8, 4) is 0 Å². The van der Waals surface area contributed by atoms with Gasteiger partial charge in [-0.25, -0.2) is 0 Å². The summed E-state index contributed by atoms with van der Waals surface area (Å²) in [5, 5.41) is 22.6. The monoisotopic (exact) mass is 456 g/mol. The molecular formula is C30H48O3. The maximum Gasteiger partial charge on any atom is 0.145 e. The highest BCUT2D eigenvalue weighted by molar-refractivity contribution is 5.74. The summed E-state index contributed by atoms with van der Waals surface area (Å²) in [7, 11) is 0. The van der Waals surface area contributed by atoms with Crippen LogP contribution in [0.3, 0.4) is 0 Å². The van der Waals surface area contributed by atoms with Crippen LogP contribution in [0.25, 0.3) is 0 Å². The third-order valence-corrected chi connectivity index (χ3v) is 13.5. The molecule has 186 valence electrons. The van der Waals surface area contributed by atoms with Crippen molar-refractivity contribution in [2.24, 2.45) is 56.7 Å². The normalized spacial score (nSPS) is 57.6. The molecule has 4 fully saturated rings. The van der Waals surface area contributed by atoms with Crippen LogP contribution in [0.2, 0.25) is 0 Å². The molecule has 0 aliphatic heterocycles. The standard InChI is InChI=1S/C30H48O3/c1-18-19(17-31)10-13-28(5)24(33)16-30(7)20(25(18)28)8-9-22-27(4)14-12-23(32)26(2,3)21(27)11-15-29(22,30)6/h10,17-18,20-25,32-33H,8-9,11-16H2,1-7H3/t18-,20-,21+,22-,23+,24+,25-,27+,28-,29-,30-/m1/s1. The average Bonchev–Trinajstić information content (AvgIpc) is 2.73. The van der Waals surface area contributed by atoms with E-state index in [0.29, 0.717) is 23.7 Å². The molecule has 0 amide bonds. The van der Waals surface area contributed by atoms with Gasteiger partial charge in [0.25, 0.3) is 0 Å². The van der Waals surface area contributed by atoms with Crippen LogP contribution in [0.15, 0.2) is 11.6 Å². The number of carbonyl (C=O) groups is 1. The van der Waals surface area contributed by atoms with Gasteiger partial charge in [-0.1, -0.05) is 54.5 Å². The van der Waals surface area contributed by atoms with Crippen LogP contribution in [0, 0.1) is 56.7 Å². The Bertz CT molecular complexity index is 861. The van der Waals surface area contributed by atoms with Gasteiger partial charge in [-0.2, -0.15) is 0 Å². The quantitative estimate of drug-likeness (QED) is 0.464. The Morgan fingerprint density at radius 2 is 1.55 bits per heavy atom. The summed E-state index contributed by atoms with van der Waals surface area (Å²) in [6.07, 6.45) is 11.3. The van der Waals surface area contributed by atoms with Crippen molar-refractivity contribution in [2.75, 3.05) is 0 Å². The first-order chi connectivity index (χ1) is 15.3. The molecule has 11 atom stereocenters. The maximum atomic E-state index is 11.9.